The molecular formula is C32H33N5O3S. The fourth-order valence-corrected chi connectivity index (χ4v) is 7.92. The molecule has 0 saturated carbocycles. The van der Waals surface area contributed by atoms with Crippen LogP contribution in [0.3, 0.4) is 0 Å². The van der Waals surface area contributed by atoms with Crippen molar-refractivity contribution in [1.82, 2.24) is 14.9 Å². The largest absolute Gasteiger partial charge is 0.392 e. The lowest BCUT2D eigenvalue weighted by molar-refractivity contribution is 0.0972. The highest BCUT2D eigenvalue weighted by molar-refractivity contribution is 7.12. The molecule has 0 fully saturated rings. The summed E-state index contributed by atoms with van der Waals surface area (Å²) in [7, 11) is 1.73. The highest BCUT2D eigenvalue weighted by atomic mass is 32.1. The van der Waals surface area contributed by atoms with E-state index in [1.54, 1.807) is 29.1 Å². The van der Waals surface area contributed by atoms with Gasteiger partial charge in [-0.25, -0.2) is 4.98 Å². The standard InChI is InChI=1S/C32H33N5O3S/c1-36-16-25(35-31(32(36)40)34-21-9-8-20-15-33-12-10-19(20)14-21)22-4-2-5-26(24(22)18-38)37-13-11-23-29(17-37)41-28-7-3-6-27(39)30(23)28/h2,4-5,8-9,14,16,33,38H,3,6-7,10-13,15,17-18H2,1H3,(H,34,35). The number of aromatic nitrogens is 2. The number of aryl methyl sites for hydroxylation is 2. The van der Waals surface area contributed by atoms with E-state index in [0.29, 0.717) is 17.9 Å². The van der Waals surface area contributed by atoms with Gasteiger partial charge in [0.05, 0.1) is 18.8 Å². The van der Waals surface area contributed by atoms with Gasteiger partial charge < -0.3 is 25.2 Å². The fraction of sp³-hybridized carbons (Fsp3) is 0.344. The quantitative estimate of drug-likeness (QED) is 0.327. The van der Waals surface area contributed by atoms with Crippen LogP contribution in [0.25, 0.3) is 11.3 Å². The summed E-state index contributed by atoms with van der Waals surface area (Å²) in [6.07, 6.45) is 6.10. The van der Waals surface area contributed by atoms with Crippen molar-refractivity contribution < 1.29 is 9.90 Å². The Bertz CT molecular complexity index is 1740. The number of nitrogens with one attached hydrogen (secondary N) is 2. The van der Waals surface area contributed by atoms with Gasteiger partial charge >= 0.3 is 0 Å². The molecule has 4 heterocycles. The van der Waals surface area contributed by atoms with Gasteiger partial charge in [-0.3, -0.25) is 9.59 Å². The highest BCUT2D eigenvalue weighted by Gasteiger charge is 2.30. The summed E-state index contributed by atoms with van der Waals surface area (Å²) in [5.74, 6) is 0.553. The van der Waals surface area contributed by atoms with Crippen molar-refractivity contribution in [2.75, 3.05) is 23.3 Å². The van der Waals surface area contributed by atoms with E-state index in [1.807, 2.05) is 24.3 Å². The van der Waals surface area contributed by atoms with E-state index in [2.05, 4.69) is 27.7 Å². The number of Topliss-reactive ketones (excluding diaryl/α,β-unsaturated/α-hetero) is 1. The maximum atomic E-state index is 13.1. The molecule has 41 heavy (non-hydrogen) atoms. The second-order valence-electron chi connectivity index (χ2n) is 11.1. The predicted molar refractivity (Wildman–Crippen MR) is 162 cm³/mol. The topological polar surface area (TPSA) is 99.5 Å². The Morgan fingerprint density at radius 1 is 1.07 bits per heavy atom. The Labute approximate surface area is 242 Å². The highest BCUT2D eigenvalue weighted by Crippen LogP contribution is 2.40. The van der Waals surface area contributed by atoms with Gasteiger partial charge in [0.25, 0.3) is 5.56 Å². The molecule has 0 unspecified atom stereocenters. The molecule has 0 spiro atoms. The van der Waals surface area contributed by atoms with E-state index in [-0.39, 0.29) is 18.0 Å². The maximum absolute atomic E-state index is 13.1. The Morgan fingerprint density at radius 2 is 1.98 bits per heavy atom. The van der Waals surface area contributed by atoms with E-state index < -0.39 is 0 Å². The van der Waals surface area contributed by atoms with E-state index >= 15 is 0 Å². The molecule has 1 aliphatic carbocycles. The second kappa shape index (κ2) is 10.6. The lowest BCUT2D eigenvalue weighted by Gasteiger charge is -2.31. The predicted octanol–water partition coefficient (Wildman–Crippen LogP) is 4.47. The molecule has 2 aromatic carbocycles. The zero-order chi connectivity index (χ0) is 28.1. The molecule has 0 amide bonds. The number of aliphatic hydroxyl groups is 1. The number of thiophene rings is 1. The van der Waals surface area contributed by atoms with Crippen molar-refractivity contribution in [2.24, 2.45) is 7.05 Å². The first-order chi connectivity index (χ1) is 20.0. The van der Waals surface area contributed by atoms with E-state index in [0.717, 1.165) is 79.9 Å². The van der Waals surface area contributed by atoms with Crippen LogP contribution in [0.1, 0.15) is 55.2 Å². The molecule has 0 saturated heterocycles. The van der Waals surface area contributed by atoms with E-state index in [9.17, 15) is 14.7 Å². The van der Waals surface area contributed by atoms with Crippen molar-refractivity contribution in [3.8, 4) is 11.3 Å². The molecule has 0 radical (unpaired) electrons. The van der Waals surface area contributed by atoms with Gasteiger partial charge in [0.1, 0.15) is 0 Å². The number of benzene rings is 2. The average Bonchev–Trinajstić information content (AvgIpc) is 3.38. The minimum atomic E-state index is -0.213. The Hall–Kier alpha value is -3.79. The van der Waals surface area contributed by atoms with Crippen LogP contribution in [0, 0.1) is 0 Å². The van der Waals surface area contributed by atoms with Crippen LogP contribution in [0.4, 0.5) is 17.2 Å². The van der Waals surface area contributed by atoms with Crippen molar-refractivity contribution in [3.05, 3.63) is 90.5 Å². The number of hydrogen-bond acceptors (Lipinski definition) is 8. The first-order valence-corrected chi connectivity index (χ1v) is 15.1. The third-order valence-corrected chi connectivity index (χ3v) is 9.85. The molecule has 2 aromatic heterocycles. The number of nitrogens with zero attached hydrogens (tertiary/aromatic N) is 3. The number of ketones is 1. The third-order valence-electron chi connectivity index (χ3n) is 8.57. The van der Waals surface area contributed by atoms with Crippen LogP contribution in [0.15, 0.2) is 47.4 Å². The van der Waals surface area contributed by atoms with E-state index in [4.69, 9.17) is 4.98 Å². The minimum Gasteiger partial charge on any atom is -0.392 e. The SMILES string of the molecule is Cn1cc(-c2cccc(N3CCc4c(sc5c4C(=O)CCC5)C3)c2CO)nc(Nc2ccc3c(c2)CCNC3)c1=O. The number of hydrogen-bond donors (Lipinski definition) is 3. The van der Waals surface area contributed by atoms with Gasteiger partial charge in [0.15, 0.2) is 11.6 Å². The molecule has 3 aliphatic rings. The number of fused-ring (bicyclic) bond motifs is 4. The van der Waals surface area contributed by atoms with Gasteiger partial charge in [0, 0.05) is 70.6 Å². The van der Waals surface area contributed by atoms with E-state index in [1.165, 1.54) is 26.4 Å². The second-order valence-corrected chi connectivity index (χ2v) is 12.3. The molecule has 7 rings (SSSR count). The number of carbonyl (C=O) groups is 1. The summed E-state index contributed by atoms with van der Waals surface area (Å²) in [6, 6.07) is 12.2. The molecule has 0 bridgehead atoms. The Morgan fingerprint density at radius 3 is 2.85 bits per heavy atom. The summed E-state index contributed by atoms with van der Waals surface area (Å²) in [6.45, 7) is 3.15. The van der Waals surface area contributed by atoms with Gasteiger partial charge in [0.2, 0.25) is 0 Å². The fourth-order valence-electron chi connectivity index (χ4n) is 6.49. The summed E-state index contributed by atoms with van der Waals surface area (Å²) < 4.78 is 1.54. The van der Waals surface area contributed by atoms with Crippen molar-refractivity contribution in [2.45, 2.75) is 51.8 Å². The average molecular weight is 568 g/mol. The van der Waals surface area contributed by atoms with Gasteiger partial charge in [-0.15, -0.1) is 11.3 Å². The third kappa shape index (κ3) is 4.67. The Balaban J connectivity index is 1.22. The minimum absolute atomic E-state index is 0.152. The van der Waals surface area contributed by atoms with Crippen molar-refractivity contribution in [3.63, 3.8) is 0 Å². The summed E-state index contributed by atoms with van der Waals surface area (Å²) in [5, 5.41) is 17.3. The molecule has 3 N–H and O–H groups in total. The summed E-state index contributed by atoms with van der Waals surface area (Å²) >= 11 is 1.78. The first-order valence-electron chi connectivity index (χ1n) is 14.3. The molecule has 9 heteroatoms. The smallest absolute Gasteiger partial charge is 0.293 e. The lowest BCUT2D eigenvalue weighted by Crippen LogP contribution is -2.31. The van der Waals surface area contributed by atoms with Crippen molar-refractivity contribution >= 4 is 34.3 Å². The number of carbonyl (C=O) groups excluding carboxylic acids is 1. The van der Waals surface area contributed by atoms with Gasteiger partial charge in [-0.2, -0.15) is 0 Å². The number of anilines is 3. The van der Waals surface area contributed by atoms with Crippen LogP contribution in [-0.2, 0) is 46.0 Å². The van der Waals surface area contributed by atoms with Gasteiger partial charge in [-0.1, -0.05) is 18.2 Å². The normalized spacial score (nSPS) is 16.2. The van der Waals surface area contributed by atoms with Crippen LogP contribution < -0.4 is 21.1 Å². The number of rotatable bonds is 5. The summed E-state index contributed by atoms with van der Waals surface area (Å²) in [5.41, 5.74) is 8.58. The number of aliphatic hydroxyl groups excluding tert-OH is 1. The first kappa shape index (κ1) is 26.1. The molecular weight excluding hydrogens is 534 g/mol. The lowest BCUT2D eigenvalue weighted by atomic mass is 9.91. The van der Waals surface area contributed by atoms with Crippen molar-refractivity contribution in [1.29, 1.82) is 0 Å². The van der Waals surface area contributed by atoms with Crippen LogP contribution in [-0.4, -0.2) is 33.5 Å². The molecule has 2 aliphatic heterocycles. The zero-order valence-corrected chi connectivity index (χ0v) is 23.9. The monoisotopic (exact) mass is 567 g/mol. The van der Waals surface area contributed by atoms with Crippen LogP contribution in [0.5, 0.6) is 0 Å². The Kier molecular flexibility index (Phi) is 6.73. The molecule has 0 atom stereocenters. The van der Waals surface area contributed by atoms with Crippen LogP contribution >= 0.6 is 11.3 Å². The molecule has 210 valence electrons. The maximum Gasteiger partial charge on any atom is 0.293 e. The van der Waals surface area contributed by atoms with Gasteiger partial charge in [-0.05, 0) is 67.1 Å². The summed E-state index contributed by atoms with van der Waals surface area (Å²) in [4.78, 5) is 35.3. The molecule has 4 aromatic rings. The van der Waals surface area contributed by atoms with Crippen LogP contribution in [0.2, 0.25) is 0 Å². The molecule has 8 nitrogen and oxygen atoms in total. The zero-order valence-electron chi connectivity index (χ0n) is 23.1.